The van der Waals surface area contributed by atoms with Crippen molar-refractivity contribution >= 4 is 17.5 Å². The summed E-state index contributed by atoms with van der Waals surface area (Å²) < 4.78 is 5.46. The molecule has 8 heteroatoms. The number of aliphatic hydroxyl groups is 1. The minimum absolute atomic E-state index is 0. The molecule has 2 aromatic heterocycles. The molecule has 8 nitrogen and oxygen atoms in total. The lowest BCUT2D eigenvalue weighted by molar-refractivity contribution is -0.117. The van der Waals surface area contributed by atoms with E-state index < -0.39 is 5.60 Å². The third-order valence-electron chi connectivity index (χ3n) is 5.92. The zero-order chi connectivity index (χ0) is 21.3. The maximum atomic E-state index is 12.4. The summed E-state index contributed by atoms with van der Waals surface area (Å²) in [5, 5.41) is 13.0. The van der Waals surface area contributed by atoms with E-state index in [1.165, 1.54) is 0 Å². The van der Waals surface area contributed by atoms with Crippen molar-refractivity contribution in [2.24, 2.45) is 5.92 Å². The van der Waals surface area contributed by atoms with Gasteiger partial charge in [0.25, 0.3) is 0 Å². The molecule has 0 spiro atoms. The molecule has 2 aromatic rings. The molecule has 2 N–H and O–H groups in total. The van der Waals surface area contributed by atoms with Crippen molar-refractivity contribution in [3.05, 3.63) is 30.2 Å². The van der Waals surface area contributed by atoms with E-state index in [1.54, 1.807) is 32.3 Å². The molecule has 2 aliphatic rings. The zero-order valence-corrected chi connectivity index (χ0v) is 17.8. The van der Waals surface area contributed by atoms with Gasteiger partial charge in [0.05, 0.1) is 17.6 Å². The van der Waals surface area contributed by atoms with Crippen LogP contribution in [0.1, 0.15) is 47.2 Å². The van der Waals surface area contributed by atoms with Crippen LogP contribution in [0.4, 0.5) is 11.6 Å². The molecule has 2 aliphatic heterocycles. The van der Waals surface area contributed by atoms with E-state index in [1.807, 2.05) is 13.0 Å². The van der Waals surface area contributed by atoms with E-state index in [4.69, 9.17) is 9.72 Å². The number of pyridine rings is 1. The lowest BCUT2D eigenvalue weighted by Gasteiger charge is -2.36. The summed E-state index contributed by atoms with van der Waals surface area (Å²) in [5.74, 6) is 1.73. The topological polar surface area (TPSA) is 100 Å². The van der Waals surface area contributed by atoms with Crippen LogP contribution in [0, 0.1) is 5.92 Å². The number of hydrogen-bond acceptors (Lipinski definition) is 7. The molecule has 4 heterocycles. The number of aromatic nitrogens is 3. The zero-order valence-electron chi connectivity index (χ0n) is 17.8. The summed E-state index contributed by atoms with van der Waals surface area (Å²) in [6.45, 7) is 7.68. The van der Waals surface area contributed by atoms with E-state index in [2.05, 4.69) is 20.2 Å². The van der Waals surface area contributed by atoms with Crippen LogP contribution >= 0.6 is 0 Å². The van der Waals surface area contributed by atoms with Crippen LogP contribution in [0.3, 0.4) is 0 Å². The summed E-state index contributed by atoms with van der Waals surface area (Å²) in [6, 6.07) is 3.37. The monoisotopic (exact) mass is 413 g/mol. The molecule has 0 bridgehead atoms. The van der Waals surface area contributed by atoms with Gasteiger partial charge in [-0.2, -0.15) is 0 Å². The van der Waals surface area contributed by atoms with Gasteiger partial charge in [0.15, 0.2) is 11.6 Å². The summed E-state index contributed by atoms with van der Waals surface area (Å²) in [5.41, 5.74) is 1.09. The van der Waals surface area contributed by atoms with E-state index in [9.17, 15) is 9.90 Å². The molecular formula is C22H31N5O3. The molecule has 1 fully saturated rings. The van der Waals surface area contributed by atoms with Crippen molar-refractivity contribution in [3.8, 4) is 11.3 Å². The van der Waals surface area contributed by atoms with Crippen LogP contribution in [0.5, 0.6) is 0 Å². The van der Waals surface area contributed by atoms with Gasteiger partial charge in [-0.05, 0) is 58.1 Å². The molecule has 0 aliphatic carbocycles. The quantitative estimate of drug-likeness (QED) is 0.777. The Hall–Kier alpha value is -2.58. The van der Waals surface area contributed by atoms with Crippen LogP contribution in [0.15, 0.2) is 24.5 Å². The number of ether oxygens (including phenoxy) is 1. The second-order valence-electron chi connectivity index (χ2n) is 8.62. The summed E-state index contributed by atoms with van der Waals surface area (Å²) >= 11 is 0. The average molecular weight is 414 g/mol. The van der Waals surface area contributed by atoms with Crippen LogP contribution in [0.25, 0.3) is 11.3 Å². The number of hydrogen-bond donors (Lipinski definition) is 2. The molecule has 162 valence electrons. The van der Waals surface area contributed by atoms with Gasteiger partial charge < -0.3 is 20.1 Å². The molecule has 0 saturated carbocycles. The normalized spacial score (nSPS) is 20.1. The second kappa shape index (κ2) is 8.28. The number of nitrogens with one attached hydrogen (secondary N) is 1. The third-order valence-corrected chi connectivity index (χ3v) is 5.92. The van der Waals surface area contributed by atoms with Crippen molar-refractivity contribution in [1.29, 1.82) is 0 Å². The number of carbonyl (C=O) groups is 1. The fourth-order valence-corrected chi connectivity index (χ4v) is 3.92. The van der Waals surface area contributed by atoms with Crippen LogP contribution in [-0.2, 0) is 15.1 Å². The van der Waals surface area contributed by atoms with Gasteiger partial charge in [-0.25, -0.2) is 9.97 Å². The fourth-order valence-electron chi connectivity index (χ4n) is 3.92. The first-order chi connectivity index (χ1) is 14.3. The summed E-state index contributed by atoms with van der Waals surface area (Å²) in [7, 11) is 0. The van der Waals surface area contributed by atoms with Crippen molar-refractivity contribution in [1.82, 2.24) is 15.0 Å². The van der Waals surface area contributed by atoms with Gasteiger partial charge in [-0.15, -0.1) is 0 Å². The van der Waals surface area contributed by atoms with Crippen molar-refractivity contribution in [2.45, 2.75) is 51.7 Å². The summed E-state index contributed by atoms with van der Waals surface area (Å²) in [4.78, 5) is 28.1. The first-order valence-corrected chi connectivity index (χ1v) is 10.5. The van der Waals surface area contributed by atoms with Crippen LogP contribution < -0.4 is 10.2 Å². The highest BCUT2D eigenvalue weighted by atomic mass is 16.5. The van der Waals surface area contributed by atoms with E-state index >= 15 is 0 Å². The Morgan fingerprint density at radius 2 is 2.03 bits per heavy atom. The molecule has 1 atom stereocenters. The Morgan fingerprint density at radius 1 is 1.27 bits per heavy atom. The van der Waals surface area contributed by atoms with Gasteiger partial charge in [0, 0.05) is 32.9 Å². The highest BCUT2D eigenvalue weighted by molar-refractivity contribution is 6.01. The van der Waals surface area contributed by atoms with Crippen molar-refractivity contribution < 1.29 is 16.1 Å². The Kier molecular flexibility index (Phi) is 5.71. The molecule has 0 unspecified atom stereocenters. The predicted molar refractivity (Wildman–Crippen MR) is 116 cm³/mol. The molecule has 1 amide bonds. The molecule has 0 aromatic carbocycles. The SMILES string of the molecule is C[C@H]1C(=O)Nc2ncc(-c3ccc(C(C)(C)O)nc3)nc2N1CCC1CCOCC1.[HH]. The van der Waals surface area contributed by atoms with Crippen molar-refractivity contribution in [2.75, 3.05) is 30.0 Å². The van der Waals surface area contributed by atoms with Crippen LogP contribution in [0.2, 0.25) is 0 Å². The average Bonchev–Trinajstić information content (AvgIpc) is 2.74. The molecule has 4 rings (SSSR count). The van der Waals surface area contributed by atoms with Crippen molar-refractivity contribution in [3.63, 3.8) is 0 Å². The van der Waals surface area contributed by atoms with Gasteiger partial charge in [-0.3, -0.25) is 9.78 Å². The van der Waals surface area contributed by atoms with Crippen LogP contribution in [-0.4, -0.2) is 51.8 Å². The molecular weight excluding hydrogens is 382 g/mol. The predicted octanol–water partition coefficient (Wildman–Crippen LogP) is 2.98. The minimum Gasteiger partial charge on any atom is -0.384 e. The molecule has 30 heavy (non-hydrogen) atoms. The smallest absolute Gasteiger partial charge is 0.248 e. The summed E-state index contributed by atoms with van der Waals surface area (Å²) in [6.07, 6.45) is 6.46. The Labute approximate surface area is 178 Å². The Balaban J connectivity index is 0.00000272. The number of rotatable bonds is 5. The number of fused-ring (bicyclic) bond motifs is 1. The van der Waals surface area contributed by atoms with E-state index in [0.717, 1.165) is 44.6 Å². The maximum absolute atomic E-state index is 12.4. The molecule has 1 saturated heterocycles. The van der Waals surface area contributed by atoms with Gasteiger partial charge in [0.1, 0.15) is 11.6 Å². The number of carbonyl (C=O) groups excluding carboxylic acids is 1. The highest BCUT2D eigenvalue weighted by Gasteiger charge is 2.32. The number of anilines is 2. The first kappa shape index (κ1) is 20.7. The number of amides is 1. The lowest BCUT2D eigenvalue weighted by Crippen LogP contribution is -2.48. The maximum Gasteiger partial charge on any atom is 0.248 e. The minimum atomic E-state index is -0.999. The Bertz CT molecular complexity index is 910. The van der Waals surface area contributed by atoms with E-state index in [-0.39, 0.29) is 13.4 Å². The largest absolute Gasteiger partial charge is 0.384 e. The lowest BCUT2D eigenvalue weighted by atomic mass is 9.96. The highest BCUT2D eigenvalue weighted by Crippen LogP contribution is 2.32. The van der Waals surface area contributed by atoms with E-state index in [0.29, 0.717) is 28.9 Å². The Morgan fingerprint density at radius 3 is 2.70 bits per heavy atom. The standard InChI is InChI=1S/C22H29N5O3.H2/c1-14-21(28)26-19-20(27(14)9-6-15-7-10-30-11-8-15)25-17(13-24-19)16-4-5-18(23-12-16)22(2,3)29;/h4-5,12-15,29H,6-11H2,1-3H3,(H,24,26,28);1H/t14-;/m0./s1. The van der Waals surface area contributed by atoms with Gasteiger partial charge in [0.2, 0.25) is 5.91 Å². The molecule has 0 radical (unpaired) electrons. The van der Waals surface area contributed by atoms with Gasteiger partial charge in [-0.1, -0.05) is 0 Å². The fraction of sp³-hybridized carbons (Fsp3) is 0.545. The first-order valence-electron chi connectivity index (χ1n) is 10.5. The van der Waals surface area contributed by atoms with Gasteiger partial charge >= 0.3 is 0 Å². The third kappa shape index (κ3) is 4.29. The second-order valence-corrected chi connectivity index (χ2v) is 8.62. The number of nitrogens with zero attached hydrogens (tertiary/aromatic N) is 4.